The molecule has 1 saturated heterocycles. The summed E-state index contributed by atoms with van der Waals surface area (Å²) >= 11 is 1.65. The van der Waals surface area contributed by atoms with E-state index in [1.54, 1.807) is 16.2 Å². The third kappa shape index (κ3) is 2.90. The molecule has 18 heavy (non-hydrogen) atoms. The van der Waals surface area contributed by atoms with Crippen LogP contribution in [-0.4, -0.2) is 35.0 Å². The minimum Gasteiger partial charge on any atom is -0.481 e. The van der Waals surface area contributed by atoms with Crippen molar-refractivity contribution in [3.8, 4) is 0 Å². The van der Waals surface area contributed by atoms with Gasteiger partial charge in [0.2, 0.25) is 5.91 Å². The smallest absolute Gasteiger partial charge is 0.308 e. The highest BCUT2D eigenvalue weighted by molar-refractivity contribution is 7.09. The topological polar surface area (TPSA) is 57.6 Å². The average Bonchev–Trinajstić information content (AvgIpc) is 2.94. The lowest BCUT2D eigenvalue weighted by Gasteiger charge is -2.15. The maximum atomic E-state index is 12.0. The van der Waals surface area contributed by atoms with Gasteiger partial charge in [-0.15, -0.1) is 11.3 Å². The molecule has 4 nitrogen and oxygen atoms in total. The number of likely N-dealkylation sites (tertiary alicyclic amines) is 1. The predicted molar refractivity (Wildman–Crippen MR) is 69.5 cm³/mol. The molecule has 1 aliphatic heterocycles. The Morgan fingerprint density at radius 3 is 2.83 bits per heavy atom. The summed E-state index contributed by atoms with van der Waals surface area (Å²) < 4.78 is 0. The van der Waals surface area contributed by atoms with E-state index >= 15 is 0 Å². The maximum absolute atomic E-state index is 12.0. The molecule has 0 aromatic carbocycles. The quantitative estimate of drug-likeness (QED) is 0.906. The predicted octanol–water partition coefficient (Wildman–Crippen LogP) is 1.86. The number of rotatable bonds is 4. The van der Waals surface area contributed by atoms with E-state index in [0.29, 0.717) is 19.5 Å². The summed E-state index contributed by atoms with van der Waals surface area (Å²) in [5.74, 6) is -1.08. The van der Waals surface area contributed by atoms with Crippen LogP contribution in [0.4, 0.5) is 0 Å². The fraction of sp³-hybridized carbons (Fsp3) is 0.538. The van der Waals surface area contributed by atoms with E-state index in [0.717, 1.165) is 6.42 Å². The van der Waals surface area contributed by atoms with E-state index in [9.17, 15) is 9.59 Å². The number of aliphatic carboxylic acids is 1. The van der Waals surface area contributed by atoms with Crippen LogP contribution in [0.2, 0.25) is 0 Å². The van der Waals surface area contributed by atoms with Crippen molar-refractivity contribution in [3.63, 3.8) is 0 Å². The third-order valence-electron chi connectivity index (χ3n) is 3.45. The fourth-order valence-electron chi connectivity index (χ4n) is 2.33. The molecule has 1 aliphatic rings. The minimum absolute atomic E-state index is 0.0492. The van der Waals surface area contributed by atoms with Gasteiger partial charge in [0.1, 0.15) is 0 Å². The Labute approximate surface area is 110 Å². The van der Waals surface area contributed by atoms with Gasteiger partial charge in [0.15, 0.2) is 0 Å². The number of aryl methyl sites for hydroxylation is 1. The first-order chi connectivity index (χ1) is 8.58. The molecular formula is C13H17NO3S. The second kappa shape index (κ2) is 5.52. The van der Waals surface area contributed by atoms with Gasteiger partial charge in [-0.1, -0.05) is 13.0 Å². The normalized spacial score (nSPS) is 23.3. The van der Waals surface area contributed by atoms with Gasteiger partial charge in [-0.05, 0) is 23.8 Å². The number of nitrogens with zero attached hydrogens (tertiary/aromatic N) is 1. The zero-order valence-corrected chi connectivity index (χ0v) is 11.2. The first-order valence-electron chi connectivity index (χ1n) is 6.11. The molecule has 2 rings (SSSR count). The summed E-state index contributed by atoms with van der Waals surface area (Å²) in [6.07, 6.45) is 1.22. The van der Waals surface area contributed by atoms with Crippen molar-refractivity contribution in [1.29, 1.82) is 0 Å². The lowest BCUT2D eigenvalue weighted by atomic mass is 9.99. The Morgan fingerprint density at radius 2 is 2.28 bits per heavy atom. The maximum Gasteiger partial charge on any atom is 0.308 e. The first-order valence-corrected chi connectivity index (χ1v) is 6.99. The Balaban J connectivity index is 1.85. The van der Waals surface area contributed by atoms with Gasteiger partial charge >= 0.3 is 5.97 Å². The highest BCUT2D eigenvalue weighted by Gasteiger charge is 2.36. The Kier molecular flexibility index (Phi) is 4.01. The molecule has 1 amide bonds. The van der Waals surface area contributed by atoms with Gasteiger partial charge in [-0.2, -0.15) is 0 Å². The third-order valence-corrected chi connectivity index (χ3v) is 4.38. The summed E-state index contributed by atoms with van der Waals surface area (Å²) in [5.41, 5.74) is 0. The van der Waals surface area contributed by atoms with E-state index in [1.807, 2.05) is 24.4 Å². The van der Waals surface area contributed by atoms with Crippen LogP contribution in [0.25, 0.3) is 0 Å². The van der Waals surface area contributed by atoms with Crippen molar-refractivity contribution in [2.45, 2.75) is 19.8 Å². The molecule has 0 aliphatic carbocycles. The van der Waals surface area contributed by atoms with Crippen molar-refractivity contribution < 1.29 is 14.7 Å². The molecule has 0 spiro atoms. The van der Waals surface area contributed by atoms with Crippen LogP contribution in [0.3, 0.4) is 0 Å². The number of carbonyl (C=O) groups excluding carboxylic acids is 1. The summed E-state index contributed by atoms with van der Waals surface area (Å²) in [4.78, 5) is 25.9. The Morgan fingerprint density at radius 1 is 1.50 bits per heavy atom. The Bertz CT molecular complexity index is 429. The van der Waals surface area contributed by atoms with Crippen LogP contribution < -0.4 is 0 Å². The molecule has 2 atom stereocenters. The molecule has 1 fully saturated rings. The Hall–Kier alpha value is -1.36. The van der Waals surface area contributed by atoms with Crippen LogP contribution in [0.5, 0.6) is 0 Å². The summed E-state index contributed by atoms with van der Waals surface area (Å²) in [6.45, 7) is 2.82. The fourth-order valence-corrected chi connectivity index (χ4v) is 3.04. The molecule has 0 saturated carbocycles. The van der Waals surface area contributed by atoms with Crippen molar-refractivity contribution in [3.05, 3.63) is 22.4 Å². The van der Waals surface area contributed by atoms with E-state index < -0.39 is 11.9 Å². The standard InChI is InChI=1S/C13H17NO3S/c1-9-7-14(8-11(9)13(16)17)12(15)5-4-10-3-2-6-18-10/h2-3,6,9,11H,4-5,7-8H2,1H3,(H,16,17). The average molecular weight is 267 g/mol. The lowest BCUT2D eigenvalue weighted by molar-refractivity contribution is -0.142. The van der Waals surface area contributed by atoms with Gasteiger partial charge in [0, 0.05) is 24.4 Å². The van der Waals surface area contributed by atoms with Gasteiger partial charge in [-0.3, -0.25) is 9.59 Å². The van der Waals surface area contributed by atoms with Gasteiger partial charge < -0.3 is 10.0 Å². The number of amides is 1. The molecule has 1 aromatic rings. The van der Waals surface area contributed by atoms with Crippen molar-refractivity contribution in [2.24, 2.45) is 11.8 Å². The molecule has 2 heterocycles. The van der Waals surface area contributed by atoms with E-state index in [2.05, 4.69) is 0 Å². The number of carboxylic acid groups (broad SMARTS) is 1. The zero-order valence-electron chi connectivity index (χ0n) is 10.3. The van der Waals surface area contributed by atoms with Crippen molar-refractivity contribution >= 4 is 23.2 Å². The number of carbonyl (C=O) groups is 2. The summed E-state index contributed by atoms with van der Waals surface area (Å²) in [7, 11) is 0. The molecule has 0 radical (unpaired) electrons. The molecule has 2 unspecified atom stereocenters. The monoisotopic (exact) mass is 267 g/mol. The minimum atomic E-state index is -0.795. The number of carboxylic acids is 1. The zero-order chi connectivity index (χ0) is 13.1. The first kappa shape index (κ1) is 13.1. The largest absolute Gasteiger partial charge is 0.481 e. The number of thiophene rings is 1. The van der Waals surface area contributed by atoms with Crippen molar-refractivity contribution in [1.82, 2.24) is 4.90 Å². The van der Waals surface area contributed by atoms with Crippen molar-refractivity contribution in [2.75, 3.05) is 13.1 Å². The molecule has 98 valence electrons. The highest BCUT2D eigenvalue weighted by Crippen LogP contribution is 2.24. The second-order valence-electron chi connectivity index (χ2n) is 4.80. The molecule has 1 N–H and O–H groups in total. The van der Waals surface area contributed by atoms with Crippen LogP contribution in [0.1, 0.15) is 18.2 Å². The van der Waals surface area contributed by atoms with Crippen LogP contribution >= 0.6 is 11.3 Å². The molecule has 1 aromatic heterocycles. The van der Waals surface area contributed by atoms with E-state index in [-0.39, 0.29) is 11.8 Å². The summed E-state index contributed by atoms with van der Waals surface area (Å²) in [6, 6.07) is 3.99. The number of hydrogen-bond donors (Lipinski definition) is 1. The van der Waals surface area contributed by atoms with Gasteiger partial charge in [-0.25, -0.2) is 0 Å². The molecule has 0 bridgehead atoms. The number of hydrogen-bond acceptors (Lipinski definition) is 3. The highest BCUT2D eigenvalue weighted by atomic mass is 32.1. The second-order valence-corrected chi connectivity index (χ2v) is 5.83. The molecular weight excluding hydrogens is 250 g/mol. The molecule has 5 heteroatoms. The lowest BCUT2D eigenvalue weighted by Crippen LogP contribution is -2.30. The summed E-state index contributed by atoms with van der Waals surface area (Å²) in [5, 5.41) is 11.0. The van der Waals surface area contributed by atoms with Gasteiger partial charge in [0.05, 0.1) is 5.92 Å². The van der Waals surface area contributed by atoms with Crippen LogP contribution in [0, 0.1) is 11.8 Å². The van der Waals surface area contributed by atoms with Crippen LogP contribution in [0.15, 0.2) is 17.5 Å². The van der Waals surface area contributed by atoms with Crippen LogP contribution in [-0.2, 0) is 16.0 Å². The van der Waals surface area contributed by atoms with Gasteiger partial charge in [0.25, 0.3) is 0 Å². The SMILES string of the molecule is CC1CN(C(=O)CCc2cccs2)CC1C(=O)O. The van der Waals surface area contributed by atoms with E-state index in [4.69, 9.17) is 5.11 Å². The van der Waals surface area contributed by atoms with E-state index in [1.165, 1.54) is 4.88 Å².